The van der Waals surface area contributed by atoms with Gasteiger partial charge in [0.2, 0.25) is 0 Å². The normalized spacial score (nSPS) is 11.1. The Bertz CT molecular complexity index is 243. The Labute approximate surface area is 84.2 Å². The molecular formula is C10H18N2S. The molecule has 74 valence electrons. The Balaban J connectivity index is 2.40. The molecule has 13 heavy (non-hydrogen) atoms. The topological polar surface area (TPSA) is 38.9 Å². The summed E-state index contributed by atoms with van der Waals surface area (Å²) in [5, 5.41) is 1.25. The van der Waals surface area contributed by atoms with Crippen LogP contribution in [0.2, 0.25) is 0 Å². The molecule has 0 saturated carbocycles. The number of aromatic nitrogens is 1. The van der Waals surface area contributed by atoms with Crippen molar-refractivity contribution in [3.05, 3.63) is 16.1 Å². The summed E-state index contributed by atoms with van der Waals surface area (Å²) in [5.74, 6) is 0.563. The standard InChI is InChI=1S/C10H18N2S/c1-8(2)10-12-7-9(13-10)5-3-4-6-11/h7-8H,3-6,11H2,1-2H3. The van der Waals surface area contributed by atoms with Crippen molar-refractivity contribution in [2.45, 2.75) is 39.0 Å². The molecule has 0 bridgehead atoms. The molecule has 1 rings (SSSR count). The first kappa shape index (κ1) is 10.7. The van der Waals surface area contributed by atoms with Crippen molar-refractivity contribution in [2.75, 3.05) is 6.54 Å². The quantitative estimate of drug-likeness (QED) is 0.738. The molecule has 1 aromatic rings. The number of unbranched alkanes of at least 4 members (excludes halogenated alkanes) is 1. The van der Waals surface area contributed by atoms with Crippen LogP contribution in [0.5, 0.6) is 0 Å². The molecule has 0 atom stereocenters. The van der Waals surface area contributed by atoms with Crippen LogP contribution in [0.15, 0.2) is 6.20 Å². The molecule has 0 unspecified atom stereocenters. The predicted molar refractivity (Wildman–Crippen MR) is 58.2 cm³/mol. The minimum atomic E-state index is 0.563. The summed E-state index contributed by atoms with van der Waals surface area (Å²) in [5.41, 5.74) is 5.43. The summed E-state index contributed by atoms with van der Waals surface area (Å²) in [6.45, 7) is 5.17. The van der Waals surface area contributed by atoms with E-state index in [1.165, 1.54) is 16.3 Å². The van der Waals surface area contributed by atoms with Gasteiger partial charge in [-0.3, -0.25) is 0 Å². The first-order valence-corrected chi connectivity index (χ1v) is 5.70. The lowest BCUT2D eigenvalue weighted by molar-refractivity contribution is 0.750. The summed E-state index contributed by atoms with van der Waals surface area (Å²) in [4.78, 5) is 5.78. The molecule has 2 nitrogen and oxygen atoms in total. The van der Waals surface area contributed by atoms with Gasteiger partial charge in [0, 0.05) is 17.0 Å². The van der Waals surface area contributed by atoms with Gasteiger partial charge in [0.15, 0.2) is 0 Å². The SMILES string of the molecule is CC(C)c1ncc(CCCCN)s1. The van der Waals surface area contributed by atoms with Crippen molar-refractivity contribution in [1.82, 2.24) is 4.98 Å². The second-order valence-electron chi connectivity index (χ2n) is 3.57. The zero-order valence-electron chi connectivity index (χ0n) is 8.42. The lowest BCUT2D eigenvalue weighted by Gasteiger charge is -1.96. The molecule has 0 radical (unpaired) electrons. The molecule has 2 N–H and O–H groups in total. The highest BCUT2D eigenvalue weighted by atomic mass is 32.1. The van der Waals surface area contributed by atoms with Crippen LogP contribution in [-0.4, -0.2) is 11.5 Å². The van der Waals surface area contributed by atoms with Crippen molar-refractivity contribution < 1.29 is 0 Å². The third kappa shape index (κ3) is 3.44. The van der Waals surface area contributed by atoms with Gasteiger partial charge >= 0.3 is 0 Å². The van der Waals surface area contributed by atoms with Gasteiger partial charge in [-0.05, 0) is 25.8 Å². The monoisotopic (exact) mass is 198 g/mol. The van der Waals surface area contributed by atoms with E-state index in [1.54, 1.807) is 0 Å². The maximum Gasteiger partial charge on any atom is 0.0953 e. The summed E-state index contributed by atoms with van der Waals surface area (Å²) in [6.07, 6.45) is 5.46. The summed E-state index contributed by atoms with van der Waals surface area (Å²) in [6, 6.07) is 0. The summed E-state index contributed by atoms with van der Waals surface area (Å²) in [7, 11) is 0. The molecule has 0 spiro atoms. The molecule has 0 aliphatic rings. The fraction of sp³-hybridized carbons (Fsp3) is 0.700. The minimum absolute atomic E-state index is 0.563. The van der Waals surface area contributed by atoms with Crippen LogP contribution in [0.25, 0.3) is 0 Å². The second-order valence-corrected chi connectivity index (χ2v) is 4.71. The molecule has 0 saturated heterocycles. The van der Waals surface area contributed by atoms with Crippen LogP contribution in [0, 0.1) is 0 Å². The van der Waals surface area contributed by atoms with E-state index in [4.69, 9.17) is 5.73 Å². The van der Waals surface area contributed by atoms with Crippen LogP contribution < -0.4 is 5.73 Å². The van der Waals surface area contributed by atoms with Crippen molar-refractivity contribution in [1.29, 1.82) is 0 Å². The van der Waals surface area contributed by atoms with Crippen LogP contribution >= 0.6 is 11.3 Å². The van der Waals surface area contributed by atoms with E-state index < -0.39 is 0 Å². The average Bonchev–Trinajstić information content (AvgIpc) is 2.53. The molecule has 0 aliphatic heterocycles. The molecule has 1 heterocycles. The van der Waals surface area contributed by atoms with Gasteiger partial charge in [0.1, 0.15) is 0 Å². The van der Waals surface area contributed by atoms with Gasteiger partial charge in [-0.25, -0.2) is 4.98 Å². The Morgan fingerprint density at radius 3 is 2.77 bits per heavy atom. The lowest BCUT2D eigenvalue weighted by Crippen LogP contribution is -1.98. The number of thiazole rings is 1. The average molecular weight is 198 g/mol. The minimum Gasteiger partial charge on any atom is -0.330 e. The second kappa shape index (κ2) is 5.35. The molecule has 3 heteroatoms. The van der Waals surface area contributed by atoms with E-state index in [1.807, 2.05) is 17.5 Å². The van der Waals surface area contributed by atoms with Gasteiger partial charge in [0.25, 0.3) is 0 Å². The fourth-order valence-corrected chi connectivity index (χ4v) is 2.11. The maximum atomic E-state index is 5.43. The highest BCUT2D eigenvalue weighted by molar-refractivity contribution is 7.11. The van der Waals surface area contributed by atoms with Gasteiger partial charge in [-0.15, -0.1) is 11.3 Å². The molecule has 0 amide bonds. The third-order valence-electron chi connectivity index (χ3n) is 1.94. The molecule has 0 aliphatic carbocycles. The Kier molecular flexibility index (Phi) is 4.39. The van der Waals surface area contributed by atoms with Crippen molar-refractivity contribution in [2.24, 2.45) is 5.73 Å². The van der Waals surface area contributed by atoms with Gasteiger partial charge in [-0.1, -0.05) is 13.8 Å². The summed E-state index contributed by atoms with van der Waals surface area (Å²) < 4.78 is 0. The first-order chi connectivity index (χ1) is 6.24. The van der Waals surface area contributed by atoms with E-state index in [0.29, 0.717) is 5.92 Å². The van der Waals surface area contributed by atoms with Crippen molar-refractivity contribution in [3.63, 3.8) is 0 Å². The van der Waals surface area contributed by atoms with Gasteiger partial charge in [0.05, 0.1) is 5.01 Å². The molecule has 0 aromatic carbocycles. The lowest BCUT2D eigenvalue weighted by atomic mass is 10.2. The van der Waals surface area contributed by atoms with E-state index >= 15 is 0 Å². The number of rotatable bonds is 5. The highest BCUT2D eigenvalue weighted by Crippen LogP contribution is 2.22. The predicted octanol–water partition coefficient (Wildman–Crippen LogP) is 2.55. The van der Waals surface area contributed by atoms with Crippen LogP contribution in [0.3, 0.4) is 0 Å². The number of nitrogens with two attached hydrogens (primary N) is 1. The van der Waals surface area contributed by atoms with Gasteiger partial charge in [-0.2, -0.15) is 0 Å². The number of hydrogen-bond acceptors (Lipinski definition) is 3. The van der Waals surface area contributed by atoms with Crippen molar-refractivity contribution >= 4 is 11.3 Å². The van der Waals surface area contributed by atoms with E-state index in [0.717, 1.165) is 19.4 Å². The zero-order chi connectivity index (χ0) is 9.68. The molecule has 0 fully saturated rings. The number of nitrogens with zero attached hydrogens (tertiary/aromatic N) is 1. The molecule has 1 aromatic heterocycles. The fourth-order valence-electron chi connectivity index (χ4n) is 1.15. The Morgan fingerprint density at radius 1 is 1.46 bits per heavy atom. The number of hydrogen-bond donors (Lipinski definition) is 1. The zero-order valence-corrected chi connectivity index (χ0v) is 9.23. The Morgan fingerprint density at radius 2 is 2.23 bits per heavy atom. The summed E-state index contributed by atoms with van der Waals surface area (Å²) >= 11 is 1.84. The third-order valence-corrected chi connectivity index (χ3v) is 3.30. The van der Waals surface area contributed by atoms with Crippen molar-refractivity contribution in [3.8, 4) is 0 Å². The van der Waals surface area contributed by atoms with E-state index in [-0.39, 0.29) is 0 Å². The first-order valence-electron chi connectivity index (χ1n) is 4.88. The van der Waals surface area contributed by atoms with Crippen LogP contribution in [0.1, 0.15) is 42.5 Å². The molecular weight excluding hydrogens is 180 g/mol. The van der Waals surface area contributed by atoms with Crippen LogP contribution in [-0.2, 0) is 6.42 Å². The highest BCUT2D eigenvalue weighted by Gasteiger charge is 2.04. The van der Waals surface area contributed by atoms with E-state index in [2.05, 4.69) is 18.8 Å². The van der Waals surface area contributed by atoms with Gasteiger partial charge < -0.3 is 5.73 Å². The largest absolute Gasteiger partial charge is 0.330 e. The number of aryl methyl sites for hydroxylation is 1. The Hall–Kier alpha value is -0.410. The smallest absolute Gasteiger partial charge is 0.0953 e. The van der Waals surface area contributed by atoms with Crippen LogP contribution in [0.4, 0.5) is 0 Å². The van der Waals surface area contributed by atoms with E-state index in [9.17, 15) is 0 Å². The maximum absolute atomic E-state index is 5.43.